The minimum absolute atomic E-state index is 0.0207. The van der Waals surface area contributed by atoms with Crippen molar-refractivity contribution in [2.24, 2.45) is 0 Å². The molecule has 1 N–H and O–H groups in total. The molecule has 0 aromatic carbocycles. The normalized spacial score (nSPS) is 12.7. The summed E-state index contributed by atoms with van der Waals surface area (Å²) in [4.78, 5) is 35.7. The third kappa shape index (κ3) is 3.12. The summed E-state index contributed by atoms with van der Waals surface area (Å²) in [6, 6.07) is 5.26. The van der Waals surface area contributed by atoms with E-state index in [9.17, 15) is 9.59 Å². The van der Waals surface area contributed by atoms with Crippen LogP contribution in [0.5, 0.6) is 0 Å². The van der Waals surface area contributed by atoms with E-state index >= 15 is 0 Å². The number of hydrogen-bond donors (Lipinski definition) is 1. The summed E-state index contributed by atoms with van der Waals surface area (Å²) >= 11 is 1.30. The fraction of sp³-hybridized carbons (Fsp3) is 0.294. The molecular weight excluding hydrogens is 324 g/mol. The highest BCUT2D eigenvalue weighted by molar-refractivity contribution is 8.00. The van der Waals surface area contributed by atoms with Gasteiger partial charge in [-0.05, 0) is 32.9 Å². The van der Waals surface area contributed by atoms with Crippen molar-refractivity contribution >= 4 is 28.6 Å². The van der Waals surface area contributed by atoms with Crippen molar-refractivity contribution in [1.29, 1.82) is 0 Å². The van der Waals surface area contributed by atoms with Gasteiger partial charge in [0.1, 0.15) is 5.65 Å². The van der Waals surface area contributed by atoms with E-state index in [0.717, 1.165) is 5.39 Å². The number of pyridine rings is 1. The van der Waals surface area contributed by atoms with Crippen LogP contribution in [-0.4, -0.2) is 30.6 Å². The summed E-state index contributed by atoms with van der Waals surface area (Å²) in [5.74, 6) is -0.0207. The first-order valence-electron chi connectivity index (χ1n) is 7.69. The van der Waals surface area contributed by atoms with Crippen LogP contribution in [0.25, 0.3) is 11.0 Å². The van der Waals surface area contributed by atoms with Crippen molar-refractivity contribution in [3.05, 3.63) is 52.7 Å². The lowest BCUT2D eigenvalue weighted by Crippen LogP contribution is -2.19. The second kappa shape index (κ2) is 6.60. The number of aromatic nitrogens is 4. The molecule has 3 heterocycles. The zero-order valence-corrected chi connectivity index (χ0v) is 14.5. The average Bonchev–Trinajstić information content (AvgIpc) is 2.97. The smallest absolute Gasteiger partial charge is 0.273 e. The van der Waals surface area contributed by atoms with Gasteiger partial charge in [0.15, 0.2) is 10.9 Å². The van der Waals surface area contributed by atoms with Gasteiger partial charge in [0.05, 0.1) is 5.25 Å². The second-order valence-electron chi connectivity index (χ2n) is 5.78. The molecule has 3 aromatic rings. The number of ketones is 1. The summed E-state index contributed by atoms with van der Waals surface area (Å²) in [6.07, 6.45) is 5.08. The van der Waals surface area contributed by atoms with Gasteiger partial charge in [0, 0.05) is 41.6 Å². The number of carbonyl (C=O) groups excluding carboxylic acids is 1. The molecule has 0 aliphatic carbocycles. The lowest BCUT2D eigenvalue weighted by atomic mass is 10.1. The Morgan fingerprint density at radius 3 is 2.83 bits per heavy atom. The lowest BCUT2D eigenvalue weighted by Gasteiger charge is -2.17. The highest BCUT2D eigenvalue weighted by Gasteiger charge is 2.22. The van der Waals surface area contributed by atoms with Gasteiger partial charge in [-0.2, -0.15) is 4.98 Å². The zero-order valence-electron chi connectivity index (χ0n) is 13.7. The quantitative estimate of drug-likeness (QED) is 0.438. The number of nitrogens with zero attached hydrogens (tertiary/aromatic N) is 3. The number of Topliss-reactive ketones (excluding diaryl/α,β-unsaturated/α-hetero) is 1. The lowest BCUT2D eigenvalue weighted by molar-refractivity contribution is 0.0995. The van der Waals surface area contributed by atoms with Gasteiger partial charge in [0.2, 0.25) is 0 Å². The number of H-pyrrole nitrogens is 1. The van der Waals surface area contributed by atoms with Crippen LogP contribution in [0, 0.1) is 0 Å². The minimum Gasteiger partial charge on any atom is -0.345 e. The molecule has 0 amide bonds. The predicted octanol–water partition coefficient (Wildman–Crippen LogP) is 3.06. The van der Waals surface area contributed by atoms with E-state index in [-0.39, 0.29) is 22.6 Å². The van der Waals surface area contributed by atoms with E-state index in [1.807, 2.05) is 31.4 Å². The van der Waals surface area contributed by atoms with Crippen LogP contribution in [0.1, 0.15) is 37.2 Å². The molecule has 24 heavy (non-hydrogen) atoms. The van der Waals surface area contributed by atoms with Crippen LogP contribution < -0.4 is 5.56 Å². The van der Waals surface area contributed by atoms with Crippen LogP contribution in [-0.2, 0) is 0 Å². The van der Waals surface area contributed by atoms with Gasteiger partial charge in [-0.15, -0.1) is 0 Å². The van der Waals surface area contributed by atoms with E-state index in [1.54, 1.807) is 24.7 Å². The molecule has 0 fully saturated rings. The Labute approximate surface area is 143 Å². The number of rotatable bonds is 5. The Bertz CT molecular complexity index is 945. The molecule has 6 nitrogen and oxygen atoms in total. The summed E-state index contributed by atoms with van der Waals surface area (Å²) in [6.45, 7) is 5.84. The minimum atomic E-state index is -0.372. The number of fused-ring (bicyclic) bond motifs is 1. The Kier molecular flexibility index (Phi) is 4.53. The maximum atomic E-state index is 12.8. The third-order valence-electron chi connectivity index (χ3n) is 3.73. The average molecular weight is 342 g/mol. The molecular formula is C17H18N4O2S. The first kappa shape index (κ1) is 16.4. The highest BCUT2D eigenvalue weighted by atomic mass is 32.2. The maximum absolute atomic E-state index is 12.8. The molecule has 0 saturated carbocycles. The monoisotopic (exact) mass is 342 g/mol. The molecule has 0 aliphatic rings. The third-order valence-corrected chi connectivity index (χ3v) is 4.81. The van der Waals surface area contributed by atoms with Gasteiger partial charge in [-0.3, -0.25) is 9.59 Å². The fourth-order valence-corrected chi connectivity index (χ4v) is 3.55. The van der Waals surface area contributed by atoms with Crippen molar-refractivity contribution in [2.45, 2.75) is 37.2 Å². The first-order chi connectivity index (χ1) is 11.5. The number of hydrogen-bond acceptors (Lipinski definition) is 5. The van der Waals surface area contributed by atoms with Gasteiger partial charge in [-0.1, -0.05) is 11.8 Å². The molecule has 0 aliphatic heterocycles. The van der Waals surface area contributed by atoms with Crippen molar-refractivity contribution < 1.29 is 4.79 Å². The summed E-state index contributed by atoms with van der Waals surface area (Å²) < 4.78 is 1.90. The number of nitrogens with one attached hydrogen (secondary N) is 1. The van der Waals surface area contributed by atoms with Crippen LogP contribution in [0.15, 0.2) is 46.7 Å². The summed E-state index contributed by atoms with van der Waals surface area (Å²) in [5.41, 5.74) is 0.993. The fourth-order valence-electron chi connectivity index (χ4n) is 2.47. The van der Waals surface area contributed by atoms with E-state index in [0.29, 0.717) is 16.4 Å². The van der Waals surface area contributed by atoms with Gasteiger partial charge < -0.3 is 9.55 Å². The van der Waals surface area contributed by atoms with Gasteiger partial charge in [-0.25, -0.2) is 4.98 Å². The van der Waals surface area contributed by atoms with Crippen LogP contribution in [0.2, 0.25) is 0 Å². The zero-order chi connectivity index (χ0) is 17.3. The molecule has 7 heteroatoms. The SMILES string of the molecule is CC(Sc1nc(=O)ccn1C(C)C)C(=O)c1c[nH]c2ncccc12. The summed E-state index contributed by atoms with van der Waals surface area (Å²) in [5, 5.41) is 0.983. The standard InChI is InChI=1S/C17H18N4O2S/c1-10(2)21-8-6-14(22)20-17(21)24-11(3)15(23)13-9-19-16-12(13)5-4-7-18-16/h4-11H,1-3H3,(H,18,19). The van der Waals surface area contributed by atoms with Crippen LogP contribution >= 0.6 is 11.8 Å². The van der Waals surface area contributed by atoms with Crippen LogP contribution in [0.4, 0.5) is 0 Å². The second-order valence-corrected chi connectivity index (χ2v) is 7.08. The highest BCUT2D eigenvalue weighted by Crippen LogP contribution is 2.27. The van der Waals surface area contributed by atoms with Gasteiger partial charge in [0.25, 0.3) is 5.56 Å². The van der Waals surface area contributed by atoms with Gasteiger partial charge >= 0.3 is 0 Å². The summed E-state index contributed by atoms with van der Waals surface area (Å²) in [7, 11) is 0. The maximum Gasteiger partial charge on any atom is 0.273 e. The number of carbonyl (C=O) groups is 1. The number of thioether (sulfide) groups is 1. The Hall–Kier alpha value is -2.41. The Balaban J connectivity index is 1.90. The molecule has 0 spiro atoms. The van der Waals surface area contributed by atoms with Crippen molar-refractivity contribution in [3.8, 4) is 0 Å². The largest absolute Gasteiger partial charge is 0.345 e. The first-order valence-corrected chi connectivity index (χ1v) is 8.57. The molecule has 0 bridgehead atoms. The van der Waals surface area contributed by atoms with Crippen molar-refractivity contribution in [3.63, 3.8) is 0 Å². The van der Waals surface area contributed by atoms with Crippen LogP contribution in [0.3, 0.4) is 0 Å². The molecule has 3 rings (SSSR count). The molecule has 1 atom stereocenters. The number of aromatic amines is 1. The molecule has 3 aromatic heterocycles. The van der Waals surface area contributed by atoms with Crippen molar-refractivity contribution in [1.82, 2.24) is 19.5 Å². The predicted molar refractivity (Wildman–Crippen MR) is 94.6 cm³/mol. The topological polar surface area (TPSA) is 80.6 Å². The van der Waals surface area contributed by atoms with E-state index in [1.165, 1.54) is 17.8 Å². The van der Waals surface area contributed by atoms with E-state index in [4.69, 9.17) is 0 Å². The van der Waals surface area contributed by atoms with E-state index in [2.05, 4.69) is 15.0 Å². The molecule has 124 valence electrons. The Morgan fingerprint density at radius 2 is 2.08 bits per heavy atom. The van der Waals surface area contributed by atoms with E-state index < -0.39 is 0 Å². The Morgan fingerprint density at radius 1 is 1.29 bits per heavy atom. The molecule has 1 unspecified atom stereocenters. The molecule has 0 radical (unpaired) electrons. The molecule has 0 saturated heterocycles. The van der Waals surface area contributed by atoms with Crippen molar-refractivity contribution in [2.75, 3.05) is 0 Å².